The maximum absolute atomic E-state index is 12.5. The second-order valence-electron chi connectivity index (χ2n) is 6.98. The quantitative estimate of drug-likeness (QED) is 0.834. The van der Waals surface area contributed by atoms with Crippen LogP contribution in [0.15, 0.2) is 24.3 Å². The summed E-state index contributed by atoms with van der Waals surface area (Å²) >= 11 is 0. The molecule has 1 heterocycles. The second kappa shape index (κ2) is 9.09. The van der Waals surface area contributed by atoms with Crippen molar-refractivity contribution in [2.75, 3.05) is 31.9 Å². The van der Waals surface area contributed by atoms with Crippen LogP contribution in [0.25, 0.3) is 0 Å². The van der Waals surface area contributed by atoms with Crippen molar-refractivity contribution in [1.82, 2.24) is 9.80 Å². The van der Waals surface area contributed by atoms with E-state index in [-0.39, 0.29) is 24.2 Å². The number of nitrogens with two attached hydrogens (primary N) is 1. The molecule has 25 heavy (non-hydrogen) atoms. The number of rotatable bonds is 4. The number of carbonyl (C=O) groups is 2. The molecule has 5 nitrogen and oxygen atoms in total. The molecule has 6 heteroatoms. The highest BCUT2D eigenvalue weighted by molar-refractivity contribution is 5.94. The number of benzene rings is 1. The van der Waals surface area contributed by atoms with Crippen LogP contribution in [0.3, 0.4) is 0 Å². The molecule has 2 fully saturated rings. The lowest BCUT2D eigenvalue weighted by Crippen LogP contribution is -2.50. The molecule has 2 amide bonds. The predicted molar refractivity (Wildman–Crippen MR) is 102 cm³/mol. The molecule has 0 unspecified atom stereocenters. The van der Waals surface area contributed by atoms with E-state index in [0.29, 0.717) is 43.9 Å². The fraction of sp³-hybridized carbons (Fsp3) is 0.579. The van der Waals surface area contributed by atoms with Crippen molar-refractivity contribution in [3.8, 4) is 0 Å². The smallest absolute Gasteiger partial charge is 0.253 e. The van der Waals surface area contributed by atoms with Gasteiger partial charge in [-0.15, -0.1) is 12.4 Å². The third-order valence-corrected chi connectivity index (χ3v) is 5.32. The molecule has 1 saturated heterocycles. The number of halogens is 1. The van der Waals surface area contributed by atoms with Gasteiger partial charge in [0.05, 0.1) is 0 Å². The average Bonchev–Trinajstić information content (AvgIpc) is 3.13. The fourth-order valence-corrected chi connectivity index (χ4v) is 3.75. The Morgan fingerprint density at radius 1 is 0.960 bits per heavy atom. The molecule has 1 aromatic rings. The Balaban J connectivity index is 0.00000225. The van der Waals surface area contributed by atoms with Gasteiger partial charge in [0.25, 0.3) is 5.91 Å². The normalized spacial score (nSPS) is 18.1. The van der Waals surface area contributed by atoms with E-state index in [4.69, 9.17) is 5.73 Å². The number of amides is 2. The van der Waals surface area contributed by atoms with Gasteiger partial charge in [-0.25, -0.2) is 0 Å². The summed E-state index contributed by atoms with van der Waals surface area (Å²) in [6.07, 6.45) is 6.92. The van der Waals surface area contributed by atoms with Gasteiger partial charge in [0, 0.05) is 43.9 Å². The van der Waals surface area contributed by atoms with Crippen LogP contribution in [-0.2, 0) is 4.79 Å². The number of hydrogen-bond acceptors (Lipinski definition) is 3. The number of carbonyl (C=O) groups excluding carboxylic acids is 2. The minimum absolute atomic E-state index is 0. The first-order valence-electron chi connectivity index (χ1n) is 9.06. The average molecular weight is 366 g/mol. The highest BCUT2D eigenvalue weighted by atomic mass is 35.5. The predicted octanol–water partition coefficient (Wildman–Crippen LogP) is 2.95. The van der Waals surface area contributed by atoms with Crippen molar-refractivity contribution in [3.05, 3.63) is 29.8 Å². The third-order valence-electron chi connectivity index (χ3n) is 5.32. The molecule has 1 aromatic carbocycles. The van der Waals surface area contributed by atoms with Crippen molar-refractivity contribution < 1.29 is 9.59 Å². The fourth-order valence-electron chi connectivity index (χ4n) is 3.75. The number of nitrogens with zero attached hydrogens (tertiary/aromatic N) is 2. The van der Waals surface area contributed by atoms with E-state index in [1.807, 2.05) is 9.80 Å². The maximum Gasteiger partial charge on any atom is 0.253 e. The van der Waals surface area contributed by atoms with Gasteiger partial charge < -0.3 is 15.5 Å². The molecular weight excluding hydrogens is 338 g/mol. The lowest BCUT2D eigenvalue weighted by atomic mass is 10.0. The molecule has 0 bridgehead atoms. The van der Waals surface area contributed by atoms with E-state index in [0.717, 1.165) is 12.3 Å². The lowest BCUT2D eigenvalue weighted by Gasteiger charge is -2.35. The van der Waals surface area contributed by atoms with Gasteiger partial charge in [0.1, 0.15) is 0 Å². The highest BCUT2D eigenvalue weighted by Crippen LogP contribution is 2.28. The van der Waals surface area contributed by atoms with Gasteiger partial charge in [0.15, 0.2) is 0 Å². The van der Waals surface area contributed by atoms with E-state index in [9.17, 15) is 9.59 Å². The Labute approximate surface area is 155 Å². The Morgan fingerprint density at radius 3 is 2.12 bits per heavy atom. The van der Waals surface area contributed by atoms with Crippen LogP contribution in [0, 0.1) is 5.92 Å². The Kier molecular flexibility index (Phi) is 7.12. The van der Waals surface area contributed by atoms with Gasteiger partial charge in [0.2, 0.25) is 5.91 Å². The minimum Gasteiger partial charge on any atom is -0.399 e. The minimum atomic E-state index is 0. The molecule has 0 atom stereocenters. The molecule has 0 aromatic heterocycles. The van der Waals surface area contributed by atoms with Gasteiger partial charge >= 0.3 is 0 Å². The molecule has 1 saturated carbocycles. The first-order chi connectivity index (χ1) is 11.6. The van der Waals surface area contributed by atoms with E-state index >= 15 is 0 Å². The lowest BCUT2D eigenvalue weighted by molar-refractivity contribution is -0.133. The maximum atomic E-state index is 12.5. The van der Waals surface area contributed by atoms with Crippen molar-refractivity contribution in [1.29, 1.82) is 0 Å². The summed E-state index contributed by atoms with van der Waals surface area (Å²) in [6.45, 7) is 2.51. The first kappa shape index (κ1) is 19.6. The van der Waals surface area contributed by atoms with E-state index in [1.54, 1.807) is 24.3 Å². The van der Waals surface area contributed by atoms with Crippen molar-refractivity contribution in [3.63, 3.8) is 0 Å². The molecule has 2 N–H and O–H groups in total. The highest BCUT2D eigenvalue weighted by Gasteiger charge is 2.25. The number of piperazine rings is 1. The third kappa shape index (κ3) is 5.11. The summed E-state index contributed by atoms with van der Waals surface area (Å²) in [6, 6.07) is 7.01. The zero-order chi connectivity index (χ0) is 16.9. The molecule has 0 radical (unpaired) electrons. The van der Waals surface area contributed by atoms with Crippen LogP contribution in [0.5, 0.6) is 0 Å². The van der Waals surface area contributed by atoms with Crippen LogP contribution in [-0.4, -0.2) is 47.8 Å². The largest absolute Gasteiger partial charge is 0.399 e. The Morgan fingerprint density at radius 2 is 1.52 bits per heavy atom. The summed E-state index contributed by atoms with van der Waals surface area (Å²) < 4.78 is 0. The van der Waals surface area contributed by atoms with Gasteiger partial charge in [-0.05, 0) is 36.6 Å². The van der Waals surface area contributed by atoms with Crippen LogP contribution in [0.2, 0.25) is 0 Å². The van der Waals surface area contributed by atoms with Crippen LogP contribution < -0.4 is 5.73 Å². The topological polar surface area (TPSA) is 66.6 Å². The molecule has 1 aliphatic carbocycles. The van der Waals surface area contributed by atoms with Crippen molar-refractivity contribution in [2.45, 2.75) is 38.5 Å². The summed E-state index contributed by atoms with van der Waals surface area (Å²) in [4.78, 5) is 28.6. The van der Waals surface area contributed by atoms with Crippen LogP contribution in [0.1, 0.15) is 48.9 Å². The standard InChI is InChI=1S/C19H27N3O2.ClH/c20-17-8-6-16(7-9-17)19(24)22-13-11-21(12-14-22)18(23)10-5-15-3-1-2-4-15;/h6-9,15H,1-5,10-14,20H2;1H. The summed E-state index contributed by atoms with van der Waals surface area (Å²) in [7, 11) is 0. The Hall–Kier alpha value is -1.75. The number of nitrogen functional groups attached to an aromatic ring is 1. The zero-order valence-corrected chi connectivity index (χ0v) is 15.5. The van der Waals surface area contributed by atoms with Crippen LogP contribution >= 0.6 is 12.4 Å². The SMILES string of the molecule is Cl.Nc1ccc(C(=O)N2CCN(C(=O)CCC3CCCC3)CC2)cc1. The second-order valence-corrected chi connectivity index (χ2v) is 6.98. The van der Waals surface area contributed by atoms with Gasteiger partial charge in [-0.2, -0.15) is 0 Å². The van der Waals surface area contributed by atoms with E-state index in [2.05, 4.69) is 0 Å². The number of hydrogen-bond donors (Lipinski definition) is 1. The van der Waals surface area contributed by atoms with E-state index < -0.39 is 0 Å². The molecule has 3 rings (SSSR count). The van der Waals surface area contributed by atoms with Crippen molar-refractivity contribution in [2.24, 2.45) is 5.92 Å². The Bertz CT molecular complexity index is 577. The zero-order valence-electron chi connectivity index (χ0n) is 14.7. The number of anilines is 1. The summed E-state index contributed by atoms with van der Waals surface area (Å²) in [5, 5.41) is 0. The monoisotopic (exact) mass is 365 g/mol. The van der Waals surface area contributed by atoms with E-state index in [1.165, 1.54) is 25.7 Å². The van der Waals surface area contributed by atoms with Crippen LogP contribution in [0.4, 0.5) is 5.69 Å². The molecule has 0 spiro atoms. The van der Waals surface area contributed by atoms with Crippen molar-refractivity contribution >= 4 is 29.9 Å². The summed E-state index contributed by atoms with van der Waals surface area (Å²) in [5.74, 6) is 1.02. The van der Waals surface area contributed by atoms with Gasteiger partial charge in [-0.1, -0.05) is 25.7 Å². The first-order valence-corrected chi connectivity index (χ1v) is 9.06. The molecule has 138 valence electrons. The molecule has 2 aliphatic rings. The molecule has 1 aliphatic heterocycles. The van der Waals surface area contributed by atoms with Gasteiger partial charge in [-0.3, -0.25) is 9.59 Å². The summed E-state index contributed by atoms with van der Waals surface area (Å²) in [5.41, 5.74) is 6.98. The molecular formula is C19H28ClN3O2.